The Labute approximate surface area is 111 Å². The molecular weight excluding hydrogens is 246 g/mol. The summed E-state index contributed by atoms with van der Waals surface area (Å²) in [6.45, 7) is 5.38. The van der Waals surface area contributed by atoms with Crippen LogP contribution in [-0.2, 0) is 9.53 Å². The molecule has 0 saturated carbocycles. The molecule has 0 saturated heterocycles. The second kappa shape index (κ2) is 7.20. The molecule has 0 aliphatic carbocycles. The van der Waals surface area contributed by atoms with Crippen LogP contribution in [0.15, 0.2) is 36.9 Å². The van der Waals surface area contributed by atoms with Crippen molar-refractivity contribution >= 4 is 12.1 Å². The van der Waals surface area contributed by atoms with E-state index >= 15 is 0 Å². The van der Waals surface area contributed by atoms with Gasteiger partial charge in [0.25, 0.3) is 0 Å². The van der Waals surface area contributed by atoms with Crippen molar-refractivity contribution in [2.75, 3.05) is 6.61 Å². The van der Waals surface area contributed by atoms with E-state index in [4.69, 9.17) is 9.84 Å². The molecule has 1 unspecified atom stereocenters. The molecule has 0 aliphatic heterocycles. The van der Waals surface area contributed by atoms with Crippen molar-refractivity contribution in [1.82, 2.24) is 5.32 Å². The van der Waals surface area contributed by atoms with Gasteiger partial charge in [0, 0.05) is 0 Å². The van der Waals surface area contributed by atoms with Crippen molar-refractivity contribution < 1.29 is 19.4 Å². The van der Waals surface area contributed by atoms with E-state index in [0.29, 0.717) is 0 Å². The predicted molar refractivity (Wildman–Crippen MR) is 70.9 cm³/mol. The van der Waals surface area contributed by atoms with Crippen molar-refractivity contribution in [2.24, 2.45) is 0 Å². The predicted octanol–water partition coefficient (Wildman–Crippen LogP) is 2.42. The number of aryl methyl sites for hydroxylation is 1. The lowest BCUT2D eigenvalue weighted by Crippen LogP contribution is -2.31. The molecule has 0 bridgehead atoms. The van der Waals surface area contributed by atoms with Gasteiger partial charge >= 0.3 is 12.1 Å². The van der Waals surface area contributed by atoms with Crippen LogP contribution in [-0.4, -0.2) is 23.8 Å². The number of hydrogen-bond donors (Lipinski definition) is 2. The molecule has 2 N–H and O–H groups in total. The minimum Gasteiger partial charge on any atom is -0.481 e. The summed E-state index contributed by atoms with van der Waals surface area (Å²) in [7, 11) is 0. The van der Waals surface area contributed by atoms with Crippen LogP contribution in [0, 0.1) is 6.92 Å². The van der Waals surface area contributed by atoms with Crippen LogP contribution in [0.25, 0.3) is 0 Å². The number of alkyl carbamates (subject to hydrolysis) is 1. The maximum absolute atomic E-state index is 11.5. The molecule has 19 heavy (non-hydrogen) atoms. The fraction of sp³-hybridized carbons (Fsp3) is 0.286. The molecule has 1 aromatic rings. The highest BCUT2D eigenvalue weighted by atomic mass is 16.5. The van der Waals surface area contributed by atoms with E-state index in [0.717, 1.165) is 11.1 Å². The lowest BCUT2D eigenvalue weighted by atomic mass is 9.99. The minimum absolute atomic E-state index is 0.0827. The third kappa shape index (κ3) is 4.83. The number of aliphatic carboxylic acids is 1. The number of carbonyl (C=O) groups excluding carboxylic acids is 1. The van der Waals surface area contributed by atoms with Crippen LogP contribution in [0.1, 0.15) is 23.6 Å². The maximum Gasteiger partial charge on any atom is 0.407 e. The van der Waals surface area contributed by atoms with Gasteiger partial charge in [0.1, 0.15) is 6.61 Å². The third-order valence-electron chi connectivity index (χ3n) is 2.57. The van der Waals surface area contributed by atoms with Crippen LogP contribution in [0.2, 0.25) is 0 Å². The second-order valence-corrected chi connectivity index (χ2v) is 4.04. The van der Waals surface area contributed by atoms with E-state index in [1.807, 2.05) is 19.1 Å². The van der Waals surface area contributed by atoms with E-state index in [-0.39, 0.29) is 13.0 Å². The molecule has 1 rings (SSSR count). The molecular formula is C14H17NO4. The number of carboxylic acid groups (broad SMARTS) is 1. The van der Waals surface area contributed by atoms with E-state index < -0.39 is 18.1 Å². The Morgan fingerprint density at radius 1 is 1.47 bits per heavy atom. The van der Waals surface area contributed by atoms with Gasteiger partial charge in [-0.3, -0.25) is 4.79 Å². The number of nitrogens with one attached hydrogen (secondary N) is 1. The lowest BCUT2D eigenvalue weighted by Gasteiger charge is -2.18. The fourth-order valence-corrected chi connectivity index (χ4v) is 1.71. The van der Waals surface area contributed by atoms with E-state index in [2.05, 4.69) is 11.9 Å². The molecule has 0 fully saturated rings. The molecule has 102 valence electrons. The smallest absolute Gasteiger partial charge is 0.407 e. The molecule has 0 aliphatic rings. The van der Waals surface area contributed by atoms with Gasteiger partial charge in [-0.1, -0.05) is 36.9 Å². The molecule has 1 atom stereocenters. The molecule has 0 spiro atoms. The molecule has 0 aromatic heterocycles. The number of benzene rings is 1. The van der Waals surface area contributed by atoms with Crippen molar-refractivity contribution in [2.45, 2.75) is 19.4 Å². The maximum atomic E-state index is 11.5. The summed E-state index contributed by atoms with van der Waals surface area (Å²) in [5.41, 5.74) is 1.68. The highest BCUT2D eigenvalue weighted by molar-refractivity contribution is 5.72. The SMILES string of the molecule is C=CCOC(=O)NC(CC(=O)O)c1ccccc1C. The van der Waals surface area contributed by atoms with E-state index in [1.54, 1.807) is 12.1 Å². The highest BCUT2D eigenvalue weighted by Crippen LogP contribution is 2.20. The zero-order valence-electron chi connectivity index (χ0n) is 10.8. The van der Waals surface area contributed by atoms with E-state index in [9.17, 15) is 9.59 Å². The molecule has 5 heteroatoms. The summed E-state index contributed by atoms with van der Waals surface area (Å²) in [5, 5.41) is 11.5. The molecule has 0 heterocycles. The zero-order chi connectivity index (χ0) is 14.3. The molecule has 0 radical (unpaired) electrons. The Morgan fingerprint density at radius 3 is 2.74 bits per heavy atom. The summed E-state index contributed by atoms with van der Waals surface area (Å²) < 4.78 is 4.80. The fourth-order valence-electron chi connectivity index (χ4n) is 1.71. The Balaban J connectivity index is 2.83. The van der Waals surface area contributed by atoms with Gasteiger partial charge in [0.05, 0.1) is 12.5 Å². The third-order valence-corrected chi connectivity index (χ3v) is 2.57. The summed E-state index contributed by atoms with van der Waals surface area (Å²) in [5.74, 6) is -0.989. The van der Waals surface area contributed by atoms with Crippen LogP contribution >= 0.6 is 0 Å². The van der Waals surface area contributed by atoms with Gasteiger partial charge < -0.3 is 15.2 Å². The van der Waals surface area contributed by atoms with Gasteiger partial charge in [-0.15, -0.1) is 0 Å². The number of amides is 1. The van der Waals surface area contributed by atoms with Crippen LogP contribution in [0.3, 0.4) is 0 Å². The molecule has 1 aromatic carbocycles. The van der Waals surface area contributed by atoms with Crippen molar-refractivity contribution in [3.05, 3.63) is 48.0 Å². The average Bonchev–Trinajstić information content (AvgIpc) is 2.35. The van der Waals surface area contributed by atoms with Crippen LogP contribution in [0.4, 0.5) is 4.79 Å². The number of carboxylic acids is 1. The Morgan fingerprint density at radius 2 is 2.16 bits per heavy atom. The van der Waals surface area contributed by atoms with Gasteiger partial charge in [-0.2, -0.15) is 0 Å². The largest absolute Gasteiger partial charge is 0.481 e. The zero-order valence-corrected chi connectivity index (χ0v) is 10.8. The first-order valence-corrected chi connectivity index (χ1v) is 5.86. The van der Waals surface area contributed by atoms with Gasteiger partial charge in [0.2, 0.25) is 0 Å². The van der Waals surface area contributed by atoms with Crippen LogP contribution < -0.4 is 5.32 Å². The lowest BCUT2D eigenvalue weighted by molar-refractivity contribution is -0.137. The summed E-state index contributed by atoms with van der Waals surface area (Å²) in [6, 6.07) is 6.69. The Kier molecular flexibility index (Phi) is 5.60. The molecule has 5 nitrogen and oxygen atoms in total. The Hall–Kier alpha value is -2.30. The standard InChI is InChI=1S/C14H17NO4/c1-3-8-19-14(18)15-12(9-13(16)17)11-7-5-4-6-10(11)2/h3-7,12H,1,8-9H2,2H3,(H,15,18)(H,16,17). The summed E-state index contributed by atoms with van der Waals surface area (Å²) in [4.78, 5) is 22.4. The number of carbonyl (C=O) groups is 2. The topological polar surface area (TPSA) is 75.6 Å². The van der Waals surface area contributed by atoms with Crippen molar-refractivity contribution in [3.8, 4) is 0 Å². The Bertz CT molecular complexity index is 470. The van der Waals surface area contributed by atoms with Crippen molar-refractivity contribution in [1.29, 1.82) is 0 Å². The monoisotopic (exact) mass is 263 g/mol. The first-order valence-electron chi connectivity index (χ1n) is 5.86. The number of ether oxygens (including phenoxy) is 1. The second-order valence-electron chi connectivity index (χ2n) is 4.04. The summed E-state index contributed by atoms with van der Waals surface area (Å²) in [6.07, 6.45) is 0.586. The number of hydrogen-bond acceptors (Lipinski definition) is 3. The quantitative estimate of drug-likeness (QED) is 0.773. The molecule has 1 amide bonds. The van der Waals surface area contributed by atoms with Crippen LogP contribution in [0.5, 0.6) is 0 Å². The normalized spacial score (nSPS) is 11.4. The average molecular weight is 263 g/mol. The van der Waals surface area contributed by atoms with Gasteiger partial charge in [0.15, 0.2) is 0 Å². The van der Waals surface area contributed by atoms with E-state index in [1.165, 1.54) is 6.08 Å². The minimum atomic E-state index is -0.989. The summed E-state index contributed by atoms with van der Waals surface area (Å²) >= 11 is 0. The first-order chi connectivity index (χ1) is 9.04. The highest BCUT2D eigenvalue weighted by Gasteiger charge is 2.19. The van der Waals surface area contributed by atoms with Gasteiger partial charge in [-0.25, -0.2) is 4.79 Å². The van der Waals surface area contributed by atoms with Crippen molar-refractivity contribution in [3.63, 3.8) is 0 Å². The first kappa shape index (κ1) is 14.8. The van der Waals surface area contributed by atoms with Gasteiger partial charge in [-0.05, 0) is 18.1 Å². The number of rotatable bonds is 6.